The van der Waals surface area contributed by atoms with Crippen LogP contribution in [0.25, 0.3) is 0 Å². The van der Waals surface area contributed by atoms with Crippen molar-refractivity contribution in [3.05, 3.63) is 0 Å². The maximum atomic E-state index is 11.3. The van der Waals surface area contributed by atoms with Gasteiger partial charge in [0.05, 0.1) is 0 Å². The summed E-state index contributed by atoms with van der Waals surface area (Å²) in [5.74, 6) is 1.10. The zero-order valence-electron chi connectivity index (χ0n) is 15.1. The maximum Gasteiger partial charge on any atom is 0.219 e. The van der Waals surface area contributed by atoms with Gasteiger partial charge in [-0.05, 0) is 25.5 Å². The number of rotatable bonds is 5. The number of carbonyl (C=O) groups is 1. The number of piperazine rings is 1. The molecule has 0 aromatic heterocycles. The van der Waals surface area contributed by atoms with Gasteiger partial charge in [-0.25, -0.2) is 0 Å². The molecule has 2 atom stereocenters. The minimum atomic E-state index is 0. The van der Waals surface area contributed by atoms with Crippen LogP contribution >= 0.6 is 35.7 Å². The van der Waals surface area contributed by atoms with Gasteiger partial charge in [0.25, 0.3) is 0 Å². The lowest BCUT2D eigenvalue weighted by Gasteiger charge is -2.34. The maximum absolute atomic E-state index is 11.3. The fourth-order valence-electron chi connectivity index (χ4n) is 3.29. The van der Waals surface area contributed by atoms with Gasteiger partial charge in [0, 0.05) is 64.5 Å². The van der Waals surface area contributed by atoms with Crippen LogP contribution in [-0.4, -0.2) is 85.5 Å². The molecule has 2 rings (SSSR count). The summed E-state index contributed by atoms with van der Waals surface area (Å²) in [4.78, 5) is 20.0. The molecule has 0 bridgehead atoms. The first kappa shape index (κ1) is 21.8. The summed E-state index contributed by atoms with van der Waals surface area (Å²) in [5, 5.41) is 7.76. The average molecular weight is 469 g/mol. The monoisotopic (exact) mass is 469 g/mol. The summed E-state index contributed by atoms with van der Waals surface area (Å²) < 4.78 is 0. The van der Waals surface area contributed by atoms with Crippen molar-refractivity contribution < 1.29 is 4.79 Å². The van der Waals surface area contributed by atoms with Gasteiger partial charge < -0.3 is 15.5 Å². The highest BCUT2D eigenvalue weighted by Crippen LogP contribution is 2.27. The highest BCUT2D eigenvalue weighted by molar-refractivity contribution is 14.0. The molecule has 1 aliphatic heterocycles. The van der Waals surface area contributed by atoms with Crippen molar-refractivity contribution in [3.63, 3.8) is 0 Å². The Morgan fingerprint density at radius 2 is 1.96 bits per heavy atom. The summed E-state index contributed by atoms with van der Waals surface area (Å²) in [7, 11) is 1.84. The summed E-state index contributed by atoms with van der Waals surface area (Å²) in [6, 6.07) is 0.553. The second kappa shape index (κ2) is 11.4. The Balaban J connectivity index is 0.00000288. The third kappa shape index (κ3) is 6.95. The van der Waals surface area contributed by atoms with Crippen LogP contribution in [0.4, 0.5) is 0 Å². The van der Waals surface area contributed by atoms with Gasteiger partial charge in [-0.1, -0.05) is 0 Å². The van der Waals surface area contributed by atoms with E-state index in [4.69, 9.17) is 0 Å². The second-order valence-electron chi connectivity index (χ2n) is 6.36. The van der Waals surface area contributed by atoms with Crippen LogP contribution in [0.2, 0.25) is 0 Å². The Hall–Kier alpha value is -0.220. The summed E-state index contributed by atoms with van der Waals surface area (Å²) in [6.45, 7) is 7.15. The Morgan fingerprint density at radius 1 is 1.25 bits per heavy atom. The zero-order valence-corrected chi connectivity index (χ0v) is 18.2. The van der Waals surface area contributed by atoms with E-state index in [1.54, 1.807) is 6.92 Å². The van der Waals surface area contributed by atoms with Gasteiger partial charge in [0.15, 0.2) is 5.96 Å². The van der Waals surface area contributed by atoms with Crippen LogP contribution < -0.4 is 10.6 Å². The number of aliphatic imine (C=N–C) groups is 1. The van der Waals surface area contributed by atoms with Crippen LogP contribution in [-0.2, 0) is 4.79 Å². The molecule has 2 unspecified atom stereocenters. The number of amides is 1. The highest BCUT2D eigenvalue weighted by Gasteiger charge is 2.24. The molecule has 1 aliphatic carbocycles. The normalized spacial score (nSPS) is 25.3. The third-order valence-electron chi connectivity index (χ3n) is 4.82. The lowest BCUT2D eigenvalue weighted by molar-refractivity contribution is -0.130. The average Bonchev–Trinajstić information content (AvgIpc) is 3.02. The van der Waals surface area contributed by atoms with E-state index in [0.717, 1.165) is 50.5 Å². The molecule has 1 heterocycles. The first-order chi connectivity index (χ1) is 11.1. The van der Waals surface area contributed by atoms with Crippen molar-refractivity contribution in [2.24, 2.45) is 4.99 Å². The summed E-state index contributed by atoms with van der Waals surface area (Å²) >= 11 is 1.97. The van der Waals surface area contributed by atoms with E-state index in [2.05, 4.69) is 26.8 Å². The fourth-order valence-corrected chi connectivity index (χ4v) is 4.09. The number of hydrogen-bond acceptors (Lipinski definition) is 4. The minimum absolute atomic E-state index is 0. The SMILES string of the molecule is CN=C(NCCN1CCN(C(C)=O)CC1)NC1CCC(SC)C1.I. The molecule has 0 radical (unpaired) electrons. The van der Waals surface area contributed by atoms with E-state index in [1.807, 2.05) is 23.7 Å². The molecule has 2 fully saturated rings. The van der Waals surface area contributed by atoms with Crippen molar-refractivity contribution >= 4 is 47.6 Å². The van der Waals surface area contributed by atoms with Gasteiger partial charge in [-0.2, -0.15) is 11.8 Å². The van der Waals surface area contributed by atoms with E-state index in [-0.39, 0.29) is 29.9 Å². The van der Waals surface area contributed by atoms with Crippen molar-refractivity contribution in [2.75, 3.05) is 52.6 Å². The molecule has 1 amide bonds. The van der Waals surface area contributed by atoms with Gasteiger partial charge in [0.1, 0.15) is 0 Å². The van der Waals surface area contributed by atoms with Gasteiger partial charge in [-0.3, -0.25) is 14.7 Å². The quantitative estimate of drug-likeness (QED) is 0.360. The predicted octanol–water partition coefficient (Wildman–Crippen LogP) is 1.22. The molecular weight excluding hydrogens is 437 g/mol. The Labute approximate surface area is 167 Å². The van der Waals surface area contributed by atoms with Crippen LogP contribution in [0.1, 0.15) is 26.2 Å². The largest absolute Gasteiger partial charge is 0.355 e. The van der Waals surface area contributed by atoms with E-state index in [0.29, 0.717) is 6.04 Å². The number of nitrogens with one attached hydrogen (secondary N) is 2. The lowest BCUT2D eigenvalue weighted by atomic mass is 10.2. The Kier molecular flexibility index (Phi) is 10.4. The molecule has 1 saturated carbocycles. The first-order valence-corrected chi connectivity index (χ1v) is 9.89. The summed E-state index contributed by atoms with van der Waals surface area (Å²) in [5.41, 5.74) is 0. The smallest absolute Gasteiger partial charge is 0.219 e. The van der Waals surface area contributed by atoms with Crippen molar-refractivity contribution in [1.29, 1.82) is 0 Å². The van der Waals surface area contributed by atoms with E-state index < -0.39 is 0 Å². The number of nitrogens with zero attached hydrogens (tertiary/aromatic N) is 3. The predicted molar refractivity (Wildman–Crippen MR) is 114 cm³/mol. The molecule has 8 heteroatoms. The van der Waals surface area contributed by atoms with Crippen molar-refractivity contribution in [1.82, 2.24) is 20.4 Å². The minimum Gasteiger partial charge on any atom is -0.355 e. The molecule has 0 aromatic rings. The third-order valence-corrected chi connectivity index (χ3v) is 5.92. The Bertz CT molecular complexity index is 415. The van der Waals surface area contributed by atoms with Crippen LogP contribution in [0.5, 0.6) is 0 Å². The first-order valence-electron chi connectivity index (χ1n) is 8.60. The number of thioether (sulfide) groups is 1. The van der Waals surface area contributed by atoms with E-state index >= 15 is 0 Å². The van der Waals surface area contributed by atoms with Crippen LogP contribution in [0.3, 0.4) is 0 Å². The van der Waals surface area contributed by atoms with E-state index in [9.17, 15) is 4.79 Å². The molecule has 24 heavy (non-hydrogen) atoms. The lowest BCUT2D eigenvalue weighted by Crippen LogP contribution is -2.50. The fraction of sp³-hybridized carbons (Fsp3) is 0.875. The number of carbonyl (C=O) groups excluding carboxylic acids is 1. The van der Waals surface area contributed by atoms with Crippen LogP contribution in [0, 0.1) is 0 Å². The molecule has 0 aromatic carbocycles. The Morgan fingerprint density at radius 3 is 2.50 bits per heavy atom. The highest BCUT2D eigenvalue weighted by atomic mass is 127. The van der Waals surface area contributed by atoms with Gasteiger partial charge in [0.2, 0.25) is 5.91 Å². The second-order valence-corrected chi connectivity index (χ2v) is 7.50. The molecule has 6 nitrogen and oxygen atoms in total. The summed E-state index contributed by atoms with van der Waals surface area (Å²) in [6.07, 6.45) is 5.97. The molecular formula is C16H32IN5OS. The molecule has 1 saturated heterocycles. The van der Waals surface area contributed by atoms with Crippen molar-refractivity contribution in [3.8, 4) is 0 Å². The zero-order chi connectivity index (χ0) is 16.7. The molecule has 0 spiro atoms. The van der Waals surface area contributed by atoms with Gasteiger partial charge in [-0.15, -0.1) is 24.0 Å². The van der Waals surface area contributed by atoms with Crippen LogP contribution in [0.15, 0.2) is 4.99 Å². The molecule has 140 valence electrons. The standard InChI is InChI=1S/C16H31N5OS.HI/c1-13(22)21-10-8-20(9-11-21)7-6-18-16(17-2)19-14-4-5-15(12-14)23-3;/h14-15H,4-12H2,1-3H3,(H2,17,18,19);1H. The number of hydrogen-bond donors (Lipinski definition) is 2. The van der Waals surface area contributed by atoms with Crippen molar-refractivity contribution in [2.45, 2.75) is 37.5 Å². The molecule has 2 N–H and O–H groups in total. The number of halogens is 1. The topological polar surface area (TPSA) is 60.0 Å². The van der Waals surface area contributed by atoms with E-state index in [1.165, 1.54) is 19.3 Å². The molecule has 2 aliphatic rings. The number of guanidine groups is 1. The van der Waals surface area contributed by atoms with Gasteiger partial charge >= 0.3 is 0 Å².